The maximum atomic E-state index is 5.77. The minimum absolute atomic E-state index is 0.184. The summed E-state index contributed by atoms with van der Waals surface area (Å²) in [6.07, 6.45) is 5.33. The highest BCUT2D eigenvalue weighted by Gasteiger charge is 2.16. The van der Waals surface area contributed by atoms with E-state index < -0.39 is 0 Å². The molecule has 1 fully saturated rings. The van der Waals surface area contributed by atoms with Crippen LogP contribution in [0.1, 0.15) is 50.5 Å². The summed E-state index contributed by atoms with van der Waals surface area (Å²) in [5.41, 5.74) is 6.50. The zero-order valence-corrected chi connectivity index (χ0v) is 11.8. The molecule has 106 valence electrons. The summed E-state index contributed by atoms with van der Waals surface area (Å²) in [4.78, 5) is 8.77. The lowest BCUT2D eigenvalue weighted by molar-refractivity contribution is -0.0114. The molecule has 2 heterocycles. The highest BCUT2D eigenvalue weighted by atomic mass is 16.5. The Bertz CT molecular complexity index is 404. The standard InChI is InChI=1S/C14H23N3O2/c1-10(2)14-16-8-13(12(7-15)17-14)19-9-11-5-3-4-6-18-11/h8,10-11H,3-7,9,15H2,1-2H3. The SMILES string of the molecule is CC(C)c1ncc(OCC2CCCCO2)c(CN)n1. The highest BCUT2D eigenvalue weighted by Crippen LogP contribution is 2.20. The number of hydrogen-bond donors (Lipinski definition) is 1. The van der Waals surface area contributed by atoms with Crippen LogP contribution in [0, 0.1) is 0 Å². The molecule has 5 heteroatoms. The van der Waals surface area contributed by atoms with Gasteiger partial charge in [-0.3, -0.25) is 0 Å². The van der Waals surface area contributed by atoms with E-state index in [0.29, 0.717) is 24.8 Å². The summed E-state index contributed by atoms with van der Waals surface area (Å²) in [5.74, 6) is 1.78. The lowest BCUT2D eigenvalue weighted by atomic mass is 10.1. The normalized spacial score (nSPS) is 19.7. The van der Waals surface area contributed by atoms with Crippen molar-refractivity contribution in [2.45, 2.75) is 51.7 Å². The molecule has 0 radical (unpaired) electrons. The monoisotopic (exact) mass is 265 g/mol. The summed E-state index contributed by atoms with van der Waals surface area (Å²) in [7, 11) is 0. The summed E-state index contributed by atoms with van der Waals surface area (Å²) >= 11 is 0. The predicted octanol–water partition coefficient (Wildman–Crippen LogP) is 2.01. The van der Waals surface area contributed by atoms with Crippen molar-refractivity contribution in [3.05, 3.63) is 17.7 Å². The third-order valence-electron chi connectivity index (χ3n) is 3.26. The Morgan fingerprint density at radius 3 is 2.95 bits per heavy atom. The molecule has 0 bridgehead atoms. The molecule has 1 aliphatic rings. The van der Waals surface area contributed by atoms with Crippen molar-refractivity contribution < 1.29 is 9.47 Å². The Morgan fingerprint density at radius 1 is 1.47 bits per heavy atom. The van der Waals surface area contributed by atoms with Crippen LogP contribution in [0.15, 0.2) is 6.20 Å². The number of nitrogens with zero attached hydrogens (tertiary/aromatic N) is 2. The van der Waals surface area contributed by atoms with Gasteiger partial charge in [0.1, 0.15) is 12.4 Å². The largest absolute Gasteiger partial charge is 0.487 e. The van der Waals surface area contributed by atoms with Crippen molar-refractivity contribution in [3.8, 4) is 5.75 Å². The van der Waals surface area contributed by atoms with Gasteiger partial charge in [-0.2, -0.15) is 0 Å². The Kier molecular flexibility index (Phi) is 5.10. The fourth-order valence-electron chi connectivity index (χ4n) is 2.09. The van der Waals surface area contributed by atoms with Gasteiger partial charge in [0.05, 0.1) is 18.0 Å². The van der Waals surface area contributed by atoms with E-state index in [9.17, 15) is 0 Å². The molecule has 2 N–H and O–H groups in total. The zero-order valence-electron chi connectivity index (χ0n) is 11.8. The molecular formula is C14H23N3O2. The minimum Gasteiger partial charge on any atom is -0.487 e. The van der Waals surface area contributed by atoms with E-state index in [-0.39, 0.29) is 6.10 Å². The molecular weight excluding hydrogens is 242 g/mol. The van der Waals surface area contributed by atoms with Crippen molar-refractivity contribution in [1.82, 2.24) is 9.97 Å². The van der Waals surface area contributed by atoms with Gasteiger partial charge in [-0.1, -0.05) is 13.8 Å². The molecule has 2 rings (SSSR count). The van der Waals surface area contributed by atoms with Crippen LogP contribution in [0.2, 0.25) is 0 Å². The van der Waals surface area contributed by atoms with Crippen molar-refractivity contribution in [3.63, 3.8) is 0 Å². The van der Waals surface area contributed by atoms with E-state index >= 15 is 0 Å². The molecule has 0 aliphatic carbocycles. The minimum atomic E-state index is 0.184. The molecule has 1 saturated heterocycles. The van der Waals surface area contributed by atoms with E-state index in [1.807, 2.05) is 0 Å². The van der Waals surface area contributed by atoms with Crippen molar-refractivity contribution >= 4 is 0 Å². The van der Waals surface area contributed by atoms with Gasteiger partial charge in [-0.15, -0.1) is 0 Å². The highest BCUT2D eigenvalue weighted by molar-refractivity contribution is 5.25. The Hall–Kier alpha value is -1.20. The van der Waals surface area contributed by atoms with Gasteiger partial charge in [-0.25, -0.2) is 9.97 Å². The van der Waals surface area contributed by atoms with Gasteiger partial charge >= 0.3 is 0 Å². The molecule has 19 heavy (non-hydrogen) atoms. The molecule has 5 nitrogen and oxygen atoms in total. The van der Waals surface area contributed by atoms with Gasteiger partial charge < -0.3 is 15.2 Å². The van der Waals surface area contributed by atoms with Crippen LogP contribution in [-0.2, 0) is 11.3 Å². The zero-order chi connectivity index (χ0) is 13.7. The number of nitrogens with two attached hydrogens (primary N) is 1. The average molecular weight is 265 g/mol. The molecule has 1 unspecified atom stereocenters. The second kappa shape index (κ2) is 6.82. The van der Waals surface area contributed by atoms with Crippen molar-refractivity contribution in [1.29, 1.82) is 0 Å². The van der Waals surface area contributed by atoms with Crippen molar-refractivity contribution in [2.75, 3.05) is 13.2 Å². The molecule has 0 amide bonds. The molecule has 0 aromatic carbocycles. The predicted molar refractivity (Wildman–Crippen MR) is 73.1 cm³/mol. The van der Waals surface area contributed by atoms with Crippen LogP contribution < -0.4 is 10.5 Å². The first-order valence-corrected chi connectivity index (χ1v) is 7.01. The maximum Gasteiger partial charge on any atom is 0.160 e. The number of ether oxygens (including phenoxy) is 2. The summed E-state index contributed by atoms with van der Waals surface area (Å²) in [6.45, 7) is 5.87. The Balaban J connectivity index is 1.98. The Morgan fingerprint density at radius 2 is 2.32 bits per heavy atom. The van der Waals surface area contributed by atoms with Crippen LogP contribution in [0.5, 0.6) is 5.75 Å². The van der Waals surface area contributed by atoms with Crippen molar-refractivity contribution in [2.24, 2.45) is 5.73 Å². The second-order valence-corrected chi connectivity index (χ2v) is 5.20. The summed E-state index contributed by atoms with van der Waals surface area (Å²) in [6, 6.07) is 0. The second-order valence-electron chi connectivity index (χ2n) is 5.20. The smallest absolute Gasteiger partial charge is 0.160 e. The van der Waals surface area contributed by atoms with Crippen LogP contribution in [0.3, 0.4) is 0 Å². The molecule has 1 atom stereocenters. The maximum absolute atomic E-state index is 5.77. The summed E-state index contributed by atoms with van der Waals surface area (Å²) in [5, 5.41) is 0. The molecule has 1 aromatic heterocycles. The quantitative estimate of drug-likeness (QED) is 0.881. The van der Waals surface area contributed by atoms with E-state index in [0.717, 1.165) is 31.0 Å². The lowest BCUT2D eigenvalue weighted by Crippen LogP contribution is -2.26. The third-order valence-corrected chi connectivity index (χ3v) is 3.26. The first-order chi connectivity index (χ1) is 9.20. The summed E-state index contributed by atoms with van der Waals surface area (Å²) < 4.78 is 11.4. The number of aromatic nitrogens is 2. The molecule has 1 aliphatic heterocycles. The first-order valence-electron chi connectivity index (χ1n) is 7.01. The molecule has 1 aromatic rings. The van der Waals surface area contributed by atoms with Gasteiger partial charge in [-0.05, 0) is 19.3 Å². The van der Waals surface area contributed by atoms with Gasteiger partial charge in [0.15, 0.2) is 5.75 Å². The fraction of sp³-hybridized carbons (Fsp3) is 0.714. The average Bonchev–Trinajstić information content (AvgIpc) is 2.45. The van der Waals surface area contributed by atoms with Crippen LogP contribution in [0.25, 0.3) is 0 Å². The van der Waals surface area contributed by atoms with Crippen LogP contribution >= 0.6 is 0 Å². The van der Waals surface area contributed by atoms with Gasteiger partial charge in [0.25, 0.3) is 0 Å². The van der Waals surface area contributed by atoms with Gasteiger partial charge in [0, 0.05) is 19.1 Å². The van der Waals surface area contributed by atoms with Crippen LogP contribution in [-0.4, -0.2) is 29.3 Å². The van der Waals surface area contributed by atoms with Gasteiger partial charge in [0.2, 0.25) is 0 Å². The molecule has 0 spiro atoms. The van der Waals surface area contributed by atoms with E-state index in [2.05, 4.69) is 23.8 Å². The topological polar surface area (TPSA) is 70.3 Å². The first kappa shape index (κ1) is 14.2. The van der Waals surface area contributed by atoms with Crippen LogP contribution in [0.4, 0.5) is 0 Å². The van der Waals surface area contributed by atoms with E-state index in [4.69, 9.17) is 15.2 Å². The third kappa shape index (κ3) is 3.88. The van der Waals surface area contributed by atoms with E-state index in [1.54, 1.807) is 6.20 Å². The number of hydrogen-bond acceptors (Lipinski definition) is 5. The Labute approximate surface area is 114 Å². The number of rotatable bonds is 5. The fourth-order valence-corrected chi connectivity index (χ4v) is 2.09. The molecule has 0 saturated carbocycles. The van der Waals surface area contributed by atoms with E-state index in [1.165, 1.54) is 6.42 Å². The lowest BCUT2D eigenvalue weighted by Gasteiger charge is -2.23.